The van der Waals surface area contributed by atoms with Crippen molar-refractivity contribution in [1.29, 1.82) is 0 Å². The molecule has 3 aromatic carbocycles. The Labute approximate surface area is 163 Å². The molecule has 0 aliphatic carbocycles. The third-order valence-electron chi connectivity index (χ3n) is 5.02. The average molecular weight is 379 g/mol. The lowest BCUT2D eigenvalue weighted by molar-refractivity contribution is -0.136. The van der Waals surface area contributed by atoms with Gasteiger partial charge in [-0.25, -0.2) is 0 Å². The van der Waals surface area contributed by atoms with Gasteiger partial charge in [0.05, 0.1) is 18.1 Å². The maximum Gasteiger partial charge on any atom is 0.307 e. The molecule has 3 aromatic rings. The van der Waals surface area contributed by atoms with Gasteiger partial charge in [0, 0.05) is 12.0 Å². The lowest BCUT2D eigenvalue weighted by Gasteiger charge is -2.15. The van der Waals surface area contributed by atoms with E-state index in [9.17, 15) is 9.90 Å². The summed E-state index contributed by atoms with van der Waals surface area (Å²) < 4.78 is 5.61. The highest BCUT2D eigenvalue weighted by molar-refractivity contribution is 6.34. The van der Waals surface area contributed by atoms with Crippen molar-refractivity contribution in [3.63, 3.8) is 0 Å². The Balaban J connectivity index is 1.86. The molecule has 0 bridgehead atoms. The first-order chi connectivity index (χ1) is 13.0. The van der Waals surface area contributed by atoms with Crippen molar-refractivity contribution in [2.24, 2.45) is 0 Å². The van der Waals surface area contributed by atoms with Gasteiger partial charge in [0.15, 0.2) is 0 Å². The zero-order chi connectivity index (χ0) is 19.0. The molecule has 0 amide bonds. The fourth-order valence-corrected chi connectivity index (χ4v) is 4.00. The van der Waals surface area contributed by atoms with Gasteiger partial charge in [0.25, 0.3) is 0 Å². The molecule has 1 aliphatic heterocycles. The summed E-state index contributed by atoms with van der Waals surface area (Å²) in [6.07, 6.45) is 0.830. The molecule has 0 atom stereocenters. The zero-order valence-electron chi connectivity index (χ0n) is 15.0. The number of hydrogen-bond acceptors (Lipinski definition) is 2. The largest absolute Gasteiger partial charge is 0.493 e. The molecule has 1 aliphatic rings. The number of ether oxygens (including phenoxy) is 1. The molecule has 0 aromatic heterocycles. The number of carboxylic acid groups (broad SMARTS) is 1. The SMILES string of the molecule is Cc1ccc(-c2ccccc2-c2ccc3c(c2)CCO3)c(Cl)c1CC(=O)O. The van der Waals surface area contributed by atoms with E-state index in [2.05, 4.69) is 18.2 Å². The monoisotopic (exact) mass is 378 g/mol. The van der Waals surface area contributed by atoms with E-state index in [1.165, 1.54) is 5.56 Å². The van der Waals surface area contributed by atoms with Crippen molar-refractivity contribution < 1.29 is 14.6 Å². The normalized spacial score (nSPS) is 12.5. The average Bonchev–Trinajstić information content (AvgIpc) is 3.13. The van der Waals surface area contributed by atoms with Crippen molar-refractivity contribution in [2.75, 3.05) is 6.61 Å². The predicted molar refractivity (Wildman–Crippen MR) is 108 cm³/mol. The van der Waals surface area contributed by atoms with E-state index in [1.807, 2.05) is 43.3 Å². The Morgan fingerprint density at radius 2 is 1.85 bits per heavy atom. The molecule has 4 rings (SSSR count). The van der Waals surface area contributed by atoms with Crippen molar-refractivity contribution >= 4 is 17.6 Å². The fraction of sp³-hybridized carbons (Fsp3) is 0.174. The summed E-state index contributed by atoms with van der Waals surface area (Å²) in [7, 11) is 0. The van der Waals surface area contributed by atoms with Gasteiger partial charge in [-0.1, -0.05) is 54.1 Å². The molecule has 27 heavy (non-hydrogen) atoms. The summed E-state index contributed by atoms with van der Waals surface area (Å²) in [5.41, 5.74) is 6.78. The molecule has 3 nitrogen and oxygen atoms in total. The van der Waals surface area contributed by atoms with Gasteiger partial charge < -0.3 is 9.84 Å². The molecule has 1 N–H and O–H groups in total. The van der Waals surface area contributed by atoms with Gasteiger partial charge in [0.2, 0.25) is 0 Å². The maximum absolute atomic E-state index is 11.2. The fourth-order valence-electron chi connectivity index (χ4n) is 3.62. The minimum Gasteiger partial charge on any atom is -0.493 e. The molecule has 0 spiro atoms. The van der Waals surface area contributed by atoms with E-state index >= 15 is 0 Å². The second kappa shape index (κ2) is 7.09. The molecule has 1 heterocycles. The molecule has 0 fully saturated rings. The topological polar surface area (TPSA) is 46.5 Å². The second-order valence-electron chi connectivity index (χ2n) is 6.76. The van der Waals surface area contributed by atoms with Crippen LogP contribution in [0, 0.1) is 6.92 Å². The number of rotatable bonds is 4. The van der Waals surface area contributed by atoms with Gasteiger partial charge >= 0.3 is 5.97 Å². The lowest BCUT2D eigenvalue weighted by Crippen LogP contribution is -2.03. The van der Waals surface area contributed by atoms with Crippen molar-refractivity contribution in [3.8, 4) is 28.0 Å². The Hall–Kier alpha value is -2.78. The highest BCUT2D eigenvalue weighted by atomic mass is 35.5. The molecular weight excluding hydrogens is 360 g/mol. The van der Waals surface area contributed by atoms with Crippen LogP contribution in [0.15, 0.2) is 54.6 Å². The summed E-state index contributed by atoms with van der Waals surface area (Å²) in [5, 5.41) is 9.74. The van der Waals surface area contributed by atoms with Crippen molar-refractivity contribution in [1.82, 2.24) is 0 Å². The van der Waals surface area contributed by atoms with Crippen LogP contribution in [0.3, 0.4) is 0 Å². The quantitative estimate of drug-likeness (QED) is 0.647. The van der Waals surface area contributed by atoms with Gasteiger partial charge in [0.1, 0.15) is 5.75 Å². The predicted octanol–water partition coefficient (Wildman–Crippen LogP) is 5.54. The highest BCUT2D eigenvalue weighted by Gasteiger charge is 2.18. The highest BCUT2D eigenvalue weighted by Crippen LogP contribution is 2.40. The van der Waals surface area contributed by atoms with E-state index in [1.54, 1.807) is 0 Å². The van der Waals surface area contributed by atoms with E-state index in [0.29, 0.717) is 10.6 Å². The first-order valence-corrected chi connectivity index (χ1v) is 9.27. The van der Waals surface area contributed by atoms with Gasteiger partial charge in [-0.2, -0.15) is 0 Å². The van der Waals surface area contributed by atoms with Crippen LogP contribution in [0.25, 0.3) is 22.3 Å². The number of fused-ring (bicyclic) bond motifs is 1. The van der Waals surface area contributed by atoms with E-state index in [4.69, 9.17) is 16.3 Å². The van der Waals surface area contributed by atoms with Crippen LogP contribution in [0.4, 0.5) is 0 Å². The number of carbonyl (C=O) groups is 1. The standard InChI is InChI=1S/C23H19ClO3/c1-14-6-8-19(23(24)20(14)13-22(25)26)18-5-3-2-4-17(18)15-7-9-21-16(12-15)10-11-27-21/h2-9,12H,10-11,13H2,1H3,(H,25,26). The minimum atomic E-state index is -0.885. The smallest absolute Gasteiger partial charge is 0.307 e. The molecule has 0 saturated heterocycles. The lowest BCUT2D eigenvalue weighted by atomic mass is 9.91. The number of carboxylic acids is 1. The van der Waals surface area contributed by atoms with Gasteiger partial charge in [-0.05, 0) is 52.4 Å². The Morgan fingerprint density at radius 3 is 2.63 bits per heavy atom. The summed E-state index contributed by atoms with van der Waals surface area (Å²) in [6.45, 7) is 2.61. The molecule has 136 valence electrons. The summed E-state index contributed by atoms with van der Waals surface area (Å²) in [4.78, 5) is 11.2. The Bertz CT molecular complexity index is 1040. The van der Waals surface area contributed by atoms with Crippen LogP contribution in [0.5, 0.6) is 5.75 Å². The van der Waals surface area contributed by atoms with Crippen LogP contribution >= 0.6 is 11.6 Å². The first kappa shape index (κ1) is 17.6. The molecule has 0 saturated carbocycles. The van der Waals surface area contributed by atoms with Crippen LogP contribution in [0.2, 0.25) is 5.02 Å². The number of aryl methyl sites for hydroxylation is 1. The molecule has 4 heteroatoms. The van der Waals surface area contributed by atoms with E-state index in [0.717, 1.165) is 46.6 Å². The zero-order valence-corrected chi connectivity index (χ0v) is 15.7. The summed E-state index contributed by atoms with van der Waals surface area (Å²) in [6, 6.07) is 18.2. The second-order valence-corrected chi connectivity index (χ2v) is 7.14. The maximum atomic E-state index is 11.2. The third-order valence-corrected chi connectivity index (χ3v) is 5.45. The number of benzene rings is 3. The van der Waals surface area contributed by atoms with Crippen LogP contribution in [-0.2, 0) is 17.6 Å². The van der Waals surface area contributed by atoms with Gasteiger partial charge in [-0.3, -0.25) is 4.79 Å². The molecular formula is C23H19ClO3. The van der Waals surface area contributed by atoms with E-state index < -0.39 is 5.97 Å². The van der Waals surface area contributed by atoms with Crippen LogP contribution in [-0.4, -0.2) is 17.7 Å². The summed E-state index contributed by atoms with van der Waals surface area (Å²) >= 11 is 6.66. The van der Waals surface area contributed by atoms with Crippen LogP contribution < -0.4 is 4.74 Å². The van der Waals surface area contributed by atoms with E-state index in [-0.39, 0.29) is 6.42 Å². The third kappa shape index (κ3) is 3.31. The molecule has 0 radical (unpaired) electrons. The van der Waals surface area contributed by atoms with Gasteiger partial charge in [-0.15, -0.1) is 0 Å². The van der Waals surface area contributed by atoms with Crippen LogP contribution in [0.1, 0.15) is 16.7 Å². The summed E-state index contributed by atoms with van der Waals surface area (Å²) in [5.74, 6) is 0.0670. The minimum absolute atomic E-state index is 0.0865. The Morgan fingerprint density at radius 1 is 1.07 bits per heavy atom. The molecule has 0 unspecified atom stereocenters. The number of halogens is 1. The van der Waals surface area contributed by atoms with Crippen molar-refractivity contribution in [2.45, 2.75) is 19.8 Å². The number of aliphatic carboxylic acids is 1. The first-order valence-electron chi connectivity index (χ1n) is 8.90. The Kier molecular flexibility index (Phi) is 4.63. The van der Waals surface area contributed by atoms with Crippen molar-refractivity contribution in [3.05, 3.63) is 76.3 Å². The number of hydrogen-bond donors (Lipinski definition) is 1.